The number of thiophene rings is 1. The summed E-state index contributed by atoms with van der Waals surface area (Å²) in [5.74, 6) is 2.36. The smallest absolute Gasteiger partial charge is 0.252 e. The Bertz CT molecular complexity index is 756. The van der Waals surface area contributed by atoms with Gasteiger partial charge in [0.05, 0.1) is 4.34 Å². The Balaban J connectivity index is 1.33. The molecule has 1 aromatic rings. The minimum absolute atomic E-state index is 0.203. The summed E-state index contributed by atoms with van der Waals surface area (Å²) in [6, 6.07) is 3.16. The van der Waals surface area contributed by atoms with Gasteiger partial charge in [-0.1, -0.05) is 18.0 Å². The van der Waals surface area contributed by atoms with Gasteiger partial charge >= 0.3 is 0 Å². The molecule has 1 saturated heterocycles. The van der Waals surface area contributed by atoms with Crippen LogP contribution < -0.4 is 0 Å². The number of carbonyl (C=O) groups is 1. The van der Waals surface area contributed by atoms with Crippen LogP contribution in [0.2, 0.25) is 4.34 Å². The third-order valence-electron chi connectivity index (χ3n) is 6.06. The van der Waals surface area contributed by atoms with Gasteiger partial charge in [-0.05, 0) is 49.1 Å². The second kappa shape index (κ2) is 6.83. The molecule has 0 N–H and O–H groups in total. The van der Waals surface area contributed by atoms with Gasteiger partial charge < -0.3 is 4.90 Å². The van der Waals surface area contributed by atoms with E-state index in [4.69, 9.17) is 11.6 Å². The maximum Gasteiger partial charge on any atom is 0.252 e. The lowest BCUT2D eigenvalue weighted by molar-refractivity contribution is -0.133. The van der Waals surface area contributed by atoms with Crippen molar-refractivity contribution in [3.05, 3.63) is 16.5 Å². The van der Waals surface area contributed by atoms with Crippen LogP contribution >= 0.6 is 22.9 Å². The summed E-state index contributed by atoms with van der Waals surface area (Å²) in [5, 5.41) is 0. The molecule has 3 atom stereocenters. The molecule has 2 bridgehead atoms. The monoisotopic (exact) mass is 402 g/mol. The number of piperazine rings is 1. The van der Waals surface area contributed by atoms with Gasteiger partial charge in [0, 0.05) is 32.6 Å². The van der Waals surface area contributed by atoms with Gasteiger partial charge in [-0.3, -0.25) is 4.79 Å². The number of amides is 1. The van der Waals surface area contributed by atoms with Crippen LogP contribution in [-0.2, 0) is 14.8 Å². The van der Waals surface area contributed by atoms with Crippen molar-refractivity contribution in [2.75, 3.05) is 26.2 Å². The average molecular weight is 403 g/mol. The Morgan fingerprint density at radius 2 is 1.92 bits per heavy atom. The summed E-state index contributed by atoms with van der Waals surface area (Å²) in [6.45, 7) is 1.69. The van der Waals surface area contributed by atoms with Gasteiger partial charge in [0.15, 0.2) is 0 Å². The lowest BCUT2D eigenvalue weighted by Gasteiger charge is -2.34. The zero-order valence-corrected chi connectivity index (χ0v) is 16.5. The first-order valence-corrected chi connectivity index (χ1v) is 11.6. The van der Waals surface area contributed by atoms with Crippen LogP contribution in [0.5, 0.6) is 0 Å². The fraction of sp³-hybridized carbons (Fsp3) is 0.706. The van der Waals surface area contributed by atoms with Crippen LogP contribution in [0, 0.1) is 17.8 Å². The van der Waals surface area contributed by atoms with Crippen LogP contribution in [0.1, 0.15) is 32.1 Å². The Kier molecular flexibility index (Phi) is 4.86. The summed E-state index contributed by atoms with van der Waals surface area (Å²) in [6.07, 6.45) is 5.81. The van der Waals surface area contributed by atoms with Gasteiger partial charge in [0.25, 0.3) is 10.0 Å². The summed E-state index contributed by atoms with van der Waals surface area (Å²) in [4.78, 5) is 14.4. The molecule has 0 spiro atoms. The number of rotatable bonds is 4. The number of nitrogens with zero attached hydrogens (tertiary/aromatic N) is 2. The summed E-state index contributed by atoms with van der Waals surface area (Å²) in [5.41, 5.74) is 0. The van der Waals surface area contributed by atoms with Crippen LogP contribution in [0.25, 0.3) is 0 Å². The van der Waals surface area contributed by atoms with Crippen molar-refractivity contribution < 1.29 is 13.2 Å². The number of sulfonamides is 1. The lowest BCUT2D eigenvalue weighted by Crippen LogP contribution is -2.50. The first-order chi connectivity index (χ1) is 11.9. The number of carbonyl (C=O) groups excluding carboxylic acids is 1. The molecule has 8 heteroatoms. The number of hydrogen-bond donors (Lipinski definition) is 0. The molecule has 4 rings (SSSR count). The van der Waals surface area contributed by atoms with Gasteiger partial charge in [-0.15, -0.1) is 11.3 Å². The van der Waals surface area contributed by atoms with Crippen molar-refractivity contribution in [1.29, 1.82) is 0 Å². The molecule has 1 amide bonds. The molecule has 25 heavy (non-hydrogen) atoms. The zero-order chi connectivity index (χ0) is 17.6. The Hall–Kier alpha value is -0.630. The fourth-order valence-corrected chi connectivity index (χ4v) is 7.78. The van der Waals surface area contributed by atoms with E-state index in [9.17, 15) is 13.2 Å². The first kappa shape index (κ1) is 17.8. The average Bonchev–Trinajstić information content (AvgIpc) is 3.32. The zero-order valence-electron chi connectivity index (χ0n) is 14.1. The number of hydrogen-bond acceptors (Lipinski definition) is 4. The van der Waals surface area contributed by atoms with E-state index in [1.807, 2.05) is 4.90 Å². The molecule has 0 aromatic carbocycles. The van der Waals surface area contributed by atoms with Crippen molar-refractivity contribution in [1.82, 2.24) is 9.21 Å². The molecule has 5 nitrogen and oxygen atoms in total. The summed E-state index contributed by atoms with van der Waals surface area (Å²) < 4.78 is 27.4. The summed E-state index contributed by atoms with van der Waals surface area (Å²) >= 11 is 6.94. The number of halogens is 1. The maximum atomic E-state index is 12.6. The first-order valence-electron chi connectivity index (χ1n) is 8.97. The minimum atomic E-state index is -3.49. The van der Waals surface area contributed by atoms with Gasteiger partial charge in [0.1, 0.15) is 4.21 Å². The molecule has 0 radical (unpaired) electrons. The normalized spacial score (nSPS) is 30.1. The molecule has 3 fully saturated rings. The third kappa shape index (κ3) is 3.48. The topological polar surface area (TPSA) is 57.7 Å². The lowest BCUT2D eigenvalue weighted by atomic mass is 9.86. The second-order valence-corrected chi connectivity index (χ2v) is 11.4. The van der Waals surface area contributed by atoms with E-state index in [2.05, 4.69) is 0 Å². The molecule has 2 aliphatic carbocycles. The predicted molar refractivity (Wildman–Crippen MR) is 98.2 cm³/mol. The largest absolute Gasteiger partial charge is 0.340 e. The van der Waals surface area contributed by atoms with E-state index < -0.39 is 10.0 Å². The van der Waals surface area contributed by atoms with Crippen molar-refractivity contribution in [2.24, 2.45) is 17.8 Å². The molecule has 2 saturated carbocycles. The third-order valence-corrected chi connectivity index (χ3v) is 9.65. The van der Waals surface area contributed by atoms with Crippen LogP contribution in [-0.4, -0.2) is 49.7 Å². The fourth-order valence-electron chi connectivity index (χ4n) is 4.72. The molecule has 2 heterocycles. The molecule has 0 unspecified atom stereocenters. The van der Waals surface area contributed by atoms with E-state index in [-0.39, 0.29) is 10.1 Å². The van der Waals surface area contributed by atoms with Gasteiger partial charge in [-0.25, -0.2) is 8.42 Å². The van der Waals surface area contributed by atoms with Gasteiger partial charge in [-0.2, -0.15) is 4.31 Å². The van der Waals surface area contributed by atoms with Crippen molar-refractivity contribution in [3.8, 4) is 0 Å². The molecule has 3 aliphatic rings. The Morgan fingerprint density at radius 3 is 2.48 bits per heavy atom. The SMILES string of the molecule is O=C(C[C@H]1C[C@H]2CC[C@@H]1C2)N1CCN(S(=O)(=O)c2ccc(Cl)s2)CC1. The quantitative estimate of drug-likeness (QED) is 0.777. The highest BCUT2D eigenvalue weighted by molar-refractivity contribution is 7.91. The van der Waals surface area contributed by atoms with Crippen molar-refractivity contribution in [2.45, 2.75) is 36.3 Å². The molecular weight excluding hydrogens is 380 g/mol. The van der Waals surface area contributed by atoms with E-state index in [1.165, 1.54) is 30.0 Å². The highest BCUT2D eigenvalue weighted by Gasteiger charge is 2.41. The Labute approximate surface area is 158 Å². The molecule has 1 aromatic heterocycles. The van der Waals surface area contributed by atoms with E-state index in [1.54, 1.807) is 12.1 Å². The van der Waals surface area contributed by atoms with Crippen LogP contribution in [0.15, 0.2) is 16.3 Å². The van der Waals surface area contributed by atoms with Gasteiger partial charge in [0.2, 0.25) is 5.91 Å². The number of fused-ring (bicyclic) bond motifs is 2. The highest BCUT2D eigenvalue weighted by atomic mass is 35.5. The van der Waals surface area contributed by atoms with Crippen LogP contribution in [0.4, 0.5) is 0 Å². The predicted octanol–water partition coefficient (Wildman–Crippen LogP) is 3.06. The molecule has 1 aliphatic heterocycles. The van der Waals surface area contributed by atoms with E-state index >= 15 is 0 Å². The van der Waals surface area contributed by atoms with E-state index in [0.717, 1.165) is 23.2 Å². The minimum Gasteiger partial charge on any atom is -0.340 e. The summed E-state index contributed by atoms with van der Waals surface area (Å²) in [7, 11) is -3.49. The van der Waals surface area contributed by atoms with Crippen molar-refractivity contribution in [3.63, 3.8) is 0 Å². The van der Waals surface area contributed by atoms with Crippen molar-refractivity contribution >= 4 is 38.9 Å². The molecule has 138 valence electrons. The van der Waals surface area contributed by atoms with E-state index in [0.29, 0.717) is 42.9 Å². The van der Waals surface area contributed by atoms with Crippen LogP contribution in [0.3, 0.4) is 0 Å². The Morgan fingerprint density at radius 1 is 1.16 bits per heavy atom. The molecular formula is C17H23ClN2O3S2. The second-order valence-electron chi connectivity index (χ2n) is 7.48. The standard InChI is InChI=1S/C17H23ClN2O3S2/c18-15-3-4-17(24-15)25(22,23)20-7-5-19(6-8-20)16(21)11-14-10-12-1-2-13(14)9-12/h3-4,12-14H,1-2,5-11H2/t12-,13+,14+/m0/s1. The highest BCUT2D eigenvalue weighted by Crippen LogP contribution is 2.49. The maximum absolute atomic E-state index is 12.6.